The second kappa shape index (κ2) is 11.4. The predicted octanol–water partition coefficient (Wildman–Crippen LogP) is 5.90. The fraction of sp³-hybridized carbons (Fsp3) is 0.625. The van der Waals surface area contributed by atoms with E-state index in [2.05, 4.69) is 15.9 Å². The molecule has 0 bridgehead atoms. The SMILES string of the molecule is COc1cc(CCl)c(OCCCCCCCBr)cc1CCl. The Hall–Kier alpha value is -0.120. The lowest BCUT2D eigenvalue weighted by atomic mass is 10.1. The van der Waals surface area contributed by atoms with E-state index in [1.165, 1.54) is 25.7 Å². The fourth-order valence-electron chi connectivity index (χ4n) is 2.09. The third-order valence-electron chi connectivity index (χ3n) is 3.29. The molecule has 5 heteroatoms. The summed E-state index contributed by atoms with van der Waals surface area (Å²) in [5.41, 5.74) is 1.88. The minimum Gasteiger partial charge on any atom is -0.496 e. The van der Waals surface area contributed by atoms with Crippen molar-refractivity contribution in [2.45, 2.75) is 43.9 Å². The number of unbranched alkanes of at least 4 members (excludes halogenated alkanes) is 4. The Morgan fingerprint density at radius 2 is 1.48 bits per heavy atom. The smallest absolute Gasteiger partial charge is 0.124 e. The molecule has 0 N–H and O–H groups in total. The molecule has 0 aromatic heterocycles. The summed E-state index contributed by atoms with van der Waals surface area (Å²) in [6.07, 6.45) is 6.03. The zero-order valence-corrected chi connectivity index (χ0v) is 15.6. The van der Waals surface area contributed by atoms with Crippen LogP contribution in [0.4, 0.5) is 0 Å². The standard InChI is InChI=1S/C16H23BrCl2O2/c1-20-15-9-14(12-19)16(10-13(15)11-18)21-8-6-4-2-3-5-7-17/h9-10H,2-8,11-12H2,1H3. The first kappa shape index (κ1) is 18.9. The molecule has 120 valence electrons. The topological polar surface area (TPSA) is 18.5 Å². The molecule has 0 aliphatic carbocycles. The van der Waals surface area contributed by atoms with E-state index >= 15 is 0 Å². The maximum Gasteiger partial charge on any atom is 0.124 e. The van der Waals surface area contributed by atoms with Gasteiger partial charge in [-0.3, -0.25) is 0 Å². The highest BCUT2D eigenvalue weighted by Gasteiger charge is 2.10. The van der Waals surface area contributed by atoms with Gasteiger partial charge in [-0.2, -0.15) is 0 Å². The lowest BCUT2D eigenvalue weighted by Gasteiger charge is -2.14. The molecule has 21 heavy (non-hydrogen) atoms. The van der Waals surface area contributed by atoms with Crippen LogP contribution in [0.2, 0.25) is 0 Å². The number of hydrogen-bond donors (Lipinski definition) is 0. The Labute approximate surface area is 146 Å². The molecule has 0 unspecified atom stereocenters. The van der Waals surface area contributed by atoms with E-state index in [0.717, 1.165) is 34.4 Å². The molecule has 0 radical (unpaired) electrons. The van der Waals surface area contributed by atoms with Crippen molar-refractivity contribution in [3.63, 3.8) is 0 Å². The summed E-state index contributed by atoms with van der Waals surface area (Å²) in [4.78, 5) is 0. The molecule has 0 saturated heterocycles. The average molecular weight is 398 g/mol. The van der Waals surface area contributed by atoms with Gasteiger partial charge in [0.1, 0.15) is 11.5 Å². The van der Waals surface area contributed by atoms with Gasteiger partial charge in [-0.1, -0.05) is 35.2 Å². The van der Waals surface area contributed by atoms with Gasteiger partial charge in [-0.25, -0.2) is 0 Å². The Morgan fingerprint density at radius 3 is 2.10 bits per heavy atom. The lowest BCUT2D eigenvalue weighted by Crippen LogP contribution is -2.02. The molecule has 0 saturated carbocycles. The quantitative estimate of drug-likeness (QED) is 0.342. The van der Waals surface area contributed by atoms with Crippen LogP contribution in [0, 0.1) is 0 Å². The highest BCUT2D eigenvalue weighted by molar-refractivity contribution is 9.09. The van der Waals surface area contributed by atoms with Gasteiger partial charge in [-0.15, -0.1) is 23.2 Å². The maximum atomic E-state index is 5.98. The number of rotatable bonds is 11. The van der Waals surface area contributed by atoms with Crippen molar-refractivity contribution in [1.82, 2.24) is 0 Å². The summed E-state index contributed by atoms with van der Waals surface area (Å²) in [7, 11) is 1.64. The lowest BCUT2D eigenvalue weighted by molar-refractivity contribution is 0.301. The molecule has 0 aliphatic rings. The molecule has 0 aliphatic heterocycles. The van der Waals surface area contributed by atoms with E-state index in [1.807, 2.05) is 12.1 Å². The number of ether oxygens (including phenoxy) is 2. The van der Waals surface area contributed by atoms with Crippen molar-refractivity contribution in [3.05, 3.63) is 23.3 Å². The first-order valence-corrected chi connectivity index (χ1v) is 9.46. The van der Waals surface area contributed by atoms with Gasteiger partial charge in [0.25, 0.3) is 0 Å². The molecule has 1 aromatic carbocycles. The van der Waals surface area contributed by atoms with Gasteiger partial charge in [0.2, 0.25) is 0 Å². The molecule has 0 amide bonds. The van der Waals surface area contributed by atoms with E-state index in [0.29, 0.717) is 18.4 Å². The van der Waals surface area contributed by atoms with Crippen molar-refractivity contribution < 1.29 is 9.47 Å². The van der Waals surface area contributed by atoms with Crippen LogP contribution in [0.3, 0.4) is 0 Å². The summed E-state index contributed by atoms with van der Waals surface area (Å²) in [6.45, 7) is 0.715. The first-order chi connectivity index (χ1) is 10.3. The maximum absolute atomic E-state index is 5.98. The summed E-state index contributed by atoms with van der Waals surface area (Å²) in [5.74, 6) is 2.39. The third kappa shape index (κ3) is 6.66. The van der Waals surface area contributed by atoms with Crippen molar-refractivity contribution >= 4 is 39.1 Å². The number of benzene rings is 1. The van der Waals surface area contributed by atoms with Crippen LogP contribution in [0.5, 0.6) is 11.5 Å². The van der Waals surface area contributed by atoms with Gasteiger partial charge < -0.3 is 9.47 Å². The highest BCUT2D eigenvalue weighted by Crippen LogP contribution is 2.31. The minimum absolute atomic E-state index is 0.397. The van der Waals surface area contributed by atoms with Crippen LogP contribution in [0.15, 0.2) is 12.1 Å². The van der Waals surface area contributed by atoms with Crippen molar-refractivity contribution in [3.8, 4) is 11.5 Å². The van der Waals surface area contributed by atoms with Gasteiger partial charge in [-0.05, 0) is 25.0 Å². The van der Waals surface area contributed by atoms with Crippen molar-refractivity contribution in [2.24, 2.45) is 0 Å². The fourth-order valence-corrected chi connectivity index (χ4v) is 2.90. The summed E-state index contributed by atoms with van der Waals surface area (Å²) >= 11 is 15.4. The second-order valence-corrected chi connectivity index (χ2v) is 6.17. The average Bonchev–Trinajstić information content (AvgIpc) is 2.53. The van der Waals surface area contributed by atoms with E-state index in [-0.39, 0.29) is 0 Å². The van der Waals surface area contributed by atoms with Crippen LogP contribution in [0.25, 0.3) is 0 Å². The largest absolute Gasteiger partial charge is 0.496 e. The zero-order valence-electron chi connectivity index (χ0n) is 12.5. The predicted molar refractivity (Wildman–Crippen MR) is 94.5 cm³/mol. The van der Waals surface area contributed by atoms with Crippen LogP contribution >= 0.6 is 39.1 Å². The number of alkyl halides is 3. The summed E-state index contributed by atoms with van der Waals surface area (Å²) < 4.78 is 11.2. The number of hydrogen-bond acceptors (Lipinski definition) is 2. The Morgan fingerprint density at radius 1 is 0.905 bits per heavy atom. The molecule has 0 spiro atoms. The van der Waals surface area contributed by atoms with Gasteiger partial charge in [0.05, 0.1) is 25.5 Å². The Balaban J connectivity index is 2.49. The first-order valence-electron chi connectivity index (χ1n) is 7.27. The second-order valence-electron chi connectivity index (χ2n) is 4.84. The summed E-state index contributed by atoms with van der Waals surface area (Å²) in [6, 6.07) is 3.85. The summed E-state index contributed by atoms with van der Waals surface area (Å²) in [5, 5.41) is 1.09. The molecule has 0 heterocycles. The van der Waals surface area contributed by atoms with Crippen molar-refractivity contribution in [1.29, 1.82) is 0 Å². The minimum atomic E-state index is 0.397. The third-order valence-corrected chi connectivity index (χ3v) is 4.42. The van der Waals surface area contributed by atoms with Crippen LogP contribution in [-0.4, -0.2) is 19.0 Å². The molecule has 0 atom stereocenters. The molecular weight excluding hydrogens is 375 g/mol. The molecule has 1 aromatic rings. The van der Waals surface area contributed by atoms with Crippen LogP contribution < -0.4 is 9.47 Å². The van der Waals surface area contributed by atoms with E-state index in [9.17, 15) is 0 Å². The molecule has 1 rings (SSSR count). The molecule has 0 fully saturated rings. The van der Waals surface area contributed by atoms with E-state index < -0.39 is 0 Å². The van der Waals surface area contributed by atoms with E-state index in [1.54, 1.807) is 7.11 Å². The normalized spacial score (nSPS) is 10.7. The zero-order chi connectivity index (χ0) is 15.5. The Kier molecular flexibility index (Phi) is 10.3. The number of methoxy groups -OCH3 is 1. The number of halogens is 3. The van der Waals surface area contributed by atoms with Gasteiger partial charge in [0, 0.05) is 16.5 Å². The van der Waals surface area contributed by atoms with Crippen molar-refractivity contribution in [2.75, 3.05) is 19.0 Å². The van der Waals surface area contributed by atoms with E-state index in [4.69, 9.17) is 32.7 Å². The molecule has 2 nitrogen and oxygen atoms in total. The van der Waals surface area contributed by atoms with Gasteiger partial charge >= 0.3 is 0 Å². The molecular formula is C16H23BrCl2O2. The highest BCUT2D eigenvalue weighted by atomic mass is 79.9. The Bertz CT molecular complexity index is 414. The van der Waals surface area contributed by atoms with Crippen LogP contribution in [-0.2, 0) is 11.8 Å². The van der Waals surface area contributed by atoms with Crippen LogP contribution in [0.1, 0.15) is 43.2 Å². The monoisotopic (exact) mass is 396 g/mol. The van der Waals surface area contributed by atoms with Gasteiger partial charge in [0.15, 0.2) is 0 Å².